The molecule has 0 aromatic heterocycles. The summed E-state index contributed by atoms with van der Waals surface area (Å²) in [4.78, 5) is 4.11. The molecule has 0 aliphatic carbocycles. The molecule has 0 amide bonds. The second-order valence-corrected chi connectivity index (χ2v) is 5.68. The number of alkyl halides is 3. The molecule has 0 spiro atoms. The summed E-state index contributed by atoms with van der Waals surface area (Å²) in [5, 5.41) is 6.19. The highest BCUT2D eigenvalue weighted by molar-refractivity contribution is 5.79. The molecular formula is C19H22F3N3O. The van der Waals surface area contributed by atoms with E-state index < -0.39 is 11.7 Å². The predicted molar refractivity (Wildman–Crippen MR) is 95.6 cm³/mol. The zero-order valence-electron chi connectivity index (χ0n) is 14.7. The molecule has 0 fully saturated rings. The van der Waals surface area contributed by atoms with Crippen LogP contribution in [0.25, 0.3) is 0 Å². The van der Waals surface area contributed by atoms with E-state index in [1.54, 1.807) is 20.2 Å². The van der Waals surface area contributed by atoms with Crippen molar-refractivity contribution in [1.82, 2.24) is 10.6 Å². The van der Waals surface area contributed by atoms with Crippen molar-refractivity contribution in [3.63, 3.8) is 0 Å². The van der Waals surface area contributed by atoms with Crippen LogP contribution in [0, 0.1) is 0 Å². The number of aliphatic imine (C=N–C) groups is 1. The van der Waals surface area contributed by atoms with Gasteiger partial charge in [-0.2, -0.15) is 13.2 Å². The normalized spacial score (nSPS) is 12.1. The van der Waals surface area contributed by atoms with Crippen molar-refractivity contribution in [2.24, 2.45) is 4.99 Å². The van der Waals surface area contributed by atoms with Crippen LogP contribution in [0.15, 0.2) is 53.5 Å². The average molecular weight is 365 g/mol. The Hall–Kier alpha value is -2.54. The number of hydrogen-bond donors (Lipinski definition) is 2. The van der Waals surface area contributed by atoms with Crippen molar-refractivity contribution in [3.05, 3.63) is 70.8 Å². The molecule has 0 saturated heterocycles. The molecule has 0 aliphatic heterocycles. The van der Waals surface area contributed by atoms with Gasteiger partial charge in [0.2, 0.25) is 0 Å². The van der Waals surface area contributed by atoms with E-state index in [1.165, 1.54) is 6.07 Å². The molecule has 26 heavy (non-hydrogen) atoms. The second-order valence-electron chi connectivity index (χ2n) is 5.68. The molecular weight excluding hydrogens is 343 g/mol. The number of methoxy groups -OCH3 is 1. The van der Waals surface area contributed by atoms with E-state index in [2.05, 4.69) is 15.6 Å². The highest BCUT2D eigenvalue weighted by atomic mass is 19.4. The Bertz CT molecular complexity index is 745. The average Bonchev–Trinajstić information content (AvgIpc) is 2.63. The summed E-state index contributed by atoms with van der Waals surface area (Å²) in [7, 11) is 3.25. The van der Waals surface area contributed by atoms with E-state index in [1.807, 2.05) is 24.3 Å². The summed E-state index contributed by atoms with van der Waals surface area (Å²) in [6, 6.07) is 13.1. The summed E-state index contributed by atoms with van der Waals surface area (Å²) in [5.41, 5.74) is 2.00. The Morgan fingerprint density at radius 1 is 1.00 bits per heavy atom. The van der Waals surface area contributed by atoms with E-state index in [4.69, 9.17) is 4.74 Å². The number of nitrogens with one attached hydrogen (secondary N) is 2. The minimum atomic E-state index is -4.35. The lowest BCUT2D eigenvalue weighted by atomic mass is 10.1. The first kappa shape index (κ1) is 19.8. The Kier molecular flexibility index (Phi) is 7.03. The van der Waals surface area contributed by atoms with Gasteiger partial charge in [-0.15, -0.1) is 0 Å². The number of hydrogen-bond acceptors (Lipinski definition) is 2. The van der Waals surface area contributed by atoms with Crippen molar-refractivity contribution in [1.29, 1.82) is 0 Å². The Labute approximate surface area is 151 Å². The summed E-state index contributed by atoms with van der Waals surface area (Å²) < 4.78 is 43.5. The van der Waals surface area contributed by atoms with Crippen LogP contribution in [-0.2, 0) is 30.6 Å². The summed E-state index contributed by atoms with van der Waals surface area (Å²) in [5.74, 6) is 0.509. The van der Waals surface area contributed by atoms with Gasteiger partial charge in [0, 0.05) is 27.2 Å². The van der Waals surface area contributed by atoms with Gasteiger partial charge < -0.3 is 15.4 Å². The monoisotopic (exact) mass is 365 g/mol. The minimum Gasteiger partial charge on any atom is -0.380 e. The van der Waals surface area contributed by atoms with Crippen molar-refractivity contribution in [3.8, 4) is 0 Å². The minimum absolute atomic E-state index is 0.239. The third kappa shape index (κ3) is 5.77. The maximum atomic E-state index is 12.8. The molecule has 0 aliphatic rings. The van der Waals surface area contributed by atoms with Crippen molar-refractivity contribution in [2.75, 3.05) is 14.2 Å². The van der Waals surface area contributed by atoms with E-state index in [-0.39, 0.29) is 6.54 Å². The van der Waals surface area contributed by atoms with Crippen LogP contribution in [0.2, 0.25) is 0 Å². The van der Waals surface area contributed by atoms with Gasteiger partial charge in [-0.1, -0.05) is 36.4 Å². The molecule has 140 valence electrons. The highest BCUT2D eigenvalue weighted by Crippen LogP contribution is 2.29. The largest absolute Gasteiger partial charge is 0.416 e. The second kappa shape index (κ2) is 9.24. The maximum Gasteiger partial charge on any atom is 0.416 e. The smallest absolute Gasteiger partial charge is 0.380 e. The lowest BCUT2D eigenvalue weighted by Crippen LogP contribution is -2.36. The molecule has 0 bridgehead atoms. The number of guanidine groups is 1. The van der Waals surface area contributed by atoms with E-state index >= 15 is 0 Å². The quantitative estimate of drug-likeness (QED) is 0.606. The van der Waals surface area contributed by atoms with Gasteiger partial charge in [0.15, 0.2) is 5.96 Å². The maximum absolute atomic E-state index is 12.8. The standard InChI is InChI=1S/C19H22F3N3O/c1-23-18(25-12-15-7-3-4-8-16(15)13-26-2)24-11-14-6-5-9-17(10-14)19(20,21)22/h3-10H,11-13H2,1-2H3,(H2,23,24,25). The summed E-state index contributed by atoms with van der Waals surface area (Å²) in [6.45, 7) is 1.28. The molecule has 2 N–H and O–H groups in total. The molecule has 2 rings (SSSR count). The molecule has 0 atom stereocenters. The third-order valence-electron chi connectivity index (χ3n) is 3.80. The van der Waals surface area contributed by atoms with Gasteiger partial charge in [0.1, 0.15) is 0 Å². The first-order valence-corrected chi connectivity index (χ1v) is 8.10. The highest BCUT2D eigenvalue weighted by Gasteiger charge is 2.30. The van der Waals surface area contributed by atoms with Crippen LogP contribution in [0.5, 0.6) is 0 Å². The fraction of sp³-hybridized carbons (Fsp3) is 0.316. The fourth-order valence-electron chi connectivity index (χ4n) is 2.47. The molecule has 4 nitrogen and oxygen atoms in total. The van der Waals surface area contributed by atoms with E-state index in [0.717, 1.165) is 23.3 Å². The van der Waals surface area contributed by atoms with Crippen LogP contribution in [0.4, 0.5) is 13.2 Å². The van der Waals surface area contributed by atoms with E-state index in [9.17, 15) is 13.2 Å². The topological polar surface area (TPSA) is 45.7 Å². The van der Waals surface area contributed by atoms with Crippen molar-refractivity contribution < 1.29 is 17.9 Å². The molecule has 2 aromatic carbocycles. The number of benzene rings is 2. The third-order valence-corrected chi connectivity index (χ3v) is 3.80. The van der Waals surface area contributed by atoms with Crippen molar-refractivity contribution in [2.45, 2.75) is 25.9 Å². The van der Waals surface area contributed by atoms with E-state index in [0.29, 0.717) is 24.7 Å². The lowest BCUT2D eigenvalue weighted by Gasteiger charge is -2.15. The summed E-state index contributed by atoms with van der Waals surface area (Å²) >= 11 is 0. The van der Waals surface area contributed by atoms with Gasteiger partial charge in [-0.3, -0.25) is 4.99 Å². The van der Waals surface area contributed by atoms with Gasteiger partial charge in [-0.25, -0.2) is 0 Å². The molecule has 0 saturated carbocycles. The Morgan fingerprint density at radius 2 is 1.69 bits per heavy atom. The van der Waals surface area contributed by atoms with Gasteiger partial charge in [0.05, 0.1) is 12.2 Å². The Balaban J connectivity index is 1.95. The van der Waals surface area contributed by atoms with Crippen LogP contribution in [0.3, 0.4) is 0 Å². The number of halogens is 3. The molecule has 7 heteroatoms. The lowest BCUT2D eigenvalue weighted by molar-refractivity contribution is -0.137. The van der Waals surface area contributed by atoms with Gasteiger partial charge in [0.25, 0.3) is 0 Å². The van der Waals surface area contributed by atoms with Crippen LogP contribution in [-0.4, -0.2) is 20.1 Å². The predicted octanol–water partition coefficient (Wildman–Crippen LogP) is 3.72. The van der Waals surface area contributed by atoms with Crippen LogP contribution >= 0.6 is 0 Å². The first-order chi connectivity index (χ1) is 12.4. The first-order valence-electron chi connectivity index (χ1n) is 8.10. The fourth-order valence-corrected chi connectivity index (χ4v) is 2.47. The molecule has 0 unspecified atom stereocenters. The number of ether oxygens (including phenoxy) is 1. The van der Waals surface area contributed by atoms with Crippen molar-refractivity contribution >= 4 is 5.96 Å². The molecule has 0 heterocycles. The van der Waals surface area contributed by atoms with Crippen LogP contribution in [0.1, 0.15) is 22.3 Å². The van der Waals surface area contributed by atoms with Crippen LogP contribution < -0.4 is 10.6 Å². The number of nitrogens with zero attached hydrogens (tertiary/aromatic N) is 1. The molecule has 2 aromatic rings. The zero-order valence-corrected chi connectivity index (χ0v) is 14.7. The SMILES string of the molecule is CN=C(NCc1cccc(C(F)(F)F)c1)NCc1ccccc1COC. The Morgan fingerprint density at radius 3 is 2.35 bits per heavy atom. The van der Waals surface area contributed by atoms with Gasteiger partial charge >= 0.3 is 6.18 Å². The summed E-state index contributed by atoms with van der Waals surface area (Å²) in [6.07, 6.45) is -4.35. The zero-order chi connectivity index (χ0) is 19.0. The van der Waals surface area contributed by atoms with Gasteiger partial charge in [-0.05, 0) is 28.8 Å². The molecule has 0 radical (unpaired) electrons. The number of rotatable bonds is 6.